The molecule has 1 amide bonds. The van der Waals surface area contributed by atoms with Gasteiger partial charge in [-0.1, -0.05) is 12.8 Å². The van der Waals surface area contributed by atoms with Gasteiger partial charge in [0.05, 0.1) is 6.04 Å². The van der Waals surface area contributed by atoms with E-state index < -0.39 is 0 Å². The SMILES string of the molecule is CC1C(=O)N(C2CCCC2)CCN1CCN. The summed E-state index contributed by atoms with van der Waals surface area (Å²) in [5.41, 5.74) is 5.56. The number of carbonyl (C=O) groups is 1. The van der Waals surface area contributed by atoms with Crippen LogP contribution in [-0.4, -0.2) is 54.0 Å². The first-order valence-electron chi connectivity index (χ1n) is 6.48. The molecule has 1 aliphatic carbocycles. The Bertz CT molecular complexity index is 251. The van der Waals surface area contributed by atoms with Gasteiger partial charge in [0.2, 0.25) is 5.91 Å². The molecule has 4 heteroatoms. The number of nitrogens with two attached hydrogens (primary N) is 1. The van der Waals surface area contributed by atoms with Gasteiger partial charge in [0, 0.05) is 32.2 Å². The number of hydrogen-bond acceptors (Lipinski definition) is 3. The zero-order valence-corrected chi connectivity index (χ0v) is 10.2. The lowest BCUT2D eigenvalue weighted by atomic mass is 10.1. The summed E-state index contributed by atoms with van der Waals surface area (Å²) < 4.78 is 0. The van der Waals surface area contributed by atoms with Crippen molar-refractivity contribution in [3.63, 3.8) is 0 Å². The van der Waals surface area contributed by atoms with Crippen LogP contribution in [0, 0.1) is 0 Å². The van der Waals surface area contributed by atoms with E-state index in [4.69, 9.17) is 5.73 Å². The van der Waals surface area contributed by atoms with E-state index >= 15 is 0 Å². The summed E-state index contributed by atoms with van der Waals surface area (Å²) in [4.78, 5) is 16.6. The Morgan fingerprint density at radius 3 is 2.62 bits per heavy atom. The topological polar surface area (TPSA) is 49.6 Å². The lowest BCUT2D eigenvalue weighted by Crippen LogP contribution is -2.58. The van der Waals surface area contributed by atoms with Crippen LogP contribution in [0.3, 0.4) is 0 Å². The number of piperazine rings is 1. The smallest absolute Gasteiger partial charge is 0.239 e. The summed E-state index contributed by atoms with van der Waals surface area (Å²) >= 11 is 0. The van der Waals surface area contributed by atoms with Crippen LogP contribution in [0.1, 0.15) is 32.6 Å². The highest BCUT2D eigenvalue weighted by Crippen LogP contribution is 2.26. The average Bonchev–Trinajstić information content (AvgIpc) is 2.79. The minimum Gasteiger partial charge on any atom is -0.337 e. The zero-order chi connectivity index (χ0) is 11.5. The molecule has 1 aliphatic heterocycles. The second-order valence-corrected chi connectivity index (χ2v) is 4.97. The molecule has 1 atom stereocenters. The third kappa shape index (κ3) is 2.23. The standard InChI is InChI=1S/C12H23N3O/c1-10-12(16)15(11-4-2-3-5-11)9-8-14(10)7-6-13/h10-11H,2-9,13H2,1H3. The van der Waals surface area contributed by atoms with E-state index in [9.17, 15) is 4.79 Å². The first-order valence-corrected chi connectivity index (χ1v) is 6.48. The highest BCUT2D eigenvalue weighted by Gasteiger charge is 2.35. The summed E-state index contributed by atoms with van der Waals surface area (Å²) in [7, 11) is 0. The number of carbonyl (C=O) groups excluding carboxylic acids is 1. The molecule has 2 aliphatic rings. The Labute approximate surface area is 97.8 Å². The van der Waals surface area contributed by atoms with Crippen LogP contribution in [0.5, 0.6) is 0 Å². The third-order valence-corrected chi connectivity index (χ3v) is 4.00. The molecule has 2 fully saturated rings. The summed E-state index contributed by atoms with van der Waals surface area (Å²) in [5.74, 6) is 0.312. The monoisotopic (exact) mass is 225 g/mol. The lowest BCUT2D eigenvalue weighted by Gasteiger charge is -2.41. The summed E-state index contributed by atoms with van der Waals surface area (Å²) in [6.07, 6.45) is 4.98. The molecule has 16 heavy (non-hydrogen) atoms. The molecule has 1 saturated heterocycles. The molecular weight excluding hydrogens is 202 g/mol. The quantitative estimate of drug-likeness (QED) is 0.757. The fourth-order valence-corrected chi connectivity index (χ4v) is 2.99. The zero-order valence-electron chi connectivity index (χ0n) is 10.2. The fraction of sp³-hybridized carbons (Fsp3) is 0.917. The molecule has 1 unspecified atom stereocenters. The maximum Gasteiger partial charge on any atom is 0.239 e. The molecule has 1 saturated carbocycles. The molecule has 2 N–H and O–H groups in total. The highest BCUT2D eigenvalue weighted by atomic mass is 16.2. The number of hydrogen-bond donors (Lipinski definition) is 1. The van der Waals surface area contributed by atoms with Gasteiger partial charge in [-0.15, -0.1) is 0 Å². The molecule has 2 rings (SSSR count). The highest BCUT2D eigenvalue weighted by molar-refractivity contribution is 5.82. The second kappa shape index (κ2) is 5.15. The van der Waals surface area contributed by atoms with Gasteiger partial charge in [0.1, 0.15) is 0 Å². The maximum absolute atomic E-state index is 12.2. The molecule has 0 bridgehead atoms. The van der Waals surface area contributed by atoms with Gasteiger partial charge in [0.15, 0.2) is 0 Å². The summed E-state index contributed by atoms with van der Waals surface area (Å²) in [6.45, 7) is 5.38. The first kappa shape index (κ1) is 11.9. The Hall–Kier alpha value is -0.610. The van der Waals surface area contributed by atoms with Crippen molar-refractivity contribution in [2.75, 3.05) is 26.2 Å². The van der Waals surface area contributed by atoms with E-state index in [0.717, 1.165) is 19.6 Å². The van der Waals surface area contributed by atoms with Crippen LogP contribution in [-0.2, 0) is 4.79 Å². The van der Waals surface area contributed by atoms with Gasteiger partial charge in [-0.25, -0.2) is 0 Å². The van der Waals surface area contributed by atoms with Crippen LogP contribution in [0.15, 0.2) is 0 Å². The van der Waals surface area contributed by atoms with Crippen LogP contribution in [0.2, 0.25) is 0 Å². The van der Waals surface area contributed by atoms with Gasteiger partial charge >= 0.3 is 0 Å². The van der Waals surface area contributed by atoms with Crippen molar-refractivity contribution in [2.24, 2.45) is 5.73 Å². The largest absolute Gasteiger partial charge is 0.337 e. The van der Waals surface area contributed by atoms with Crippen LogP contribution in [0.4, 0.5) is 0 Å². The van der Waals surface area contributed by atoms with Crippen LogP contribution < -0.4 is 5.73 Å². The average molecular weight is 225 g/mol. The van der Waals surface area contributed by atoms with E-state index in [1.165, 1.54) is 25.7 Å². The Morgan fingerprint density at radius 2 is 2.00 bits per heavy atom. The minimum atomic E-state index is 0.0258. The van der Waals surface area contributed by atoms with E-state index in [0.29, 0.717) is 18.5 Å². The Morgan fingerprint density at radius 1 is 1.31 bits per heavy atom. The molecule has 0 aromatic rings. The third-order valence-electron chi connectivity index (χ3n) is 4.00. The van der Waals surface area contributed by atoms with Crippen molar-refractivity contribution < 1.29 is 4.79 Å². The van der Waals surface area contributed by atoms with Gasteiger partial charge in [0.25, 0.3) is 0 Å². The Kier molecular flexibility index (Phi) is 3.82. The molecule has 0 aromatic heterocycles. The molecular formula is C12H23N3O. The molecule has 1 heterocycles. The van der Waals surface area contributed by atoms with Crippen molar-refractivity contribution >= 4 is 5.91 Å². The second-order valence-electron chi connectivity index (χ2n) is 4.97. The van der Waals surface area contributed by atoms with Crippen LogP contribution in [0.25, 0.3) is 0 Å². The Balaban J connectivity index is 1.96. The maximum atomic E-state index is 12.2. The fourth-order valence-electron chi connectivity index (χ4n) is 2.99. The lowest BCUT2D eigenvalue weighted by molar-refractivity contribution is -0.143. The molecule has 0 spiro atoms. The molecule has 0 radical (unpaired) electrons. The molecule has 92 valence electrons. The van der Waals surface area contributed by atoms with E-state index in [-0.39, 0.29) is 6.04 Å². The van der Waals surface area contributed by atoms with Crippen molar-refractivity contribution in [3.05, 3.63) is 0 Å². The summed E-state index contributed by atoms with van der Waals surface area (Å²) in [5, 5.41) is 0. The van der Waals surface area contributed by atoms with E-state index in [2.05, 4.69) is 9.80 Å². The number of rotatable bonds is 3. The predicted octanol–water partition coefficient (Wildman–Crippen LogP) is 0.420. The van der Waals surface area contributed by atoms with Gasteiger partial charge in [-0.2, -0.15) is 0 Å². The normalized spacial score (nSPS) is 29.0. The predicted molar refractivity (Wildman–Crippen MR) is 64.1 cm³/mol. The minimum absolute atomic E-state index is 0.0258. The number of nitrogens with zero attached hydrogens (tertiary/aromatic N) is 2. The van der Waals surface area contributed by atoms with Crippen LogP contribution >= 0.6 is 0 Å². The van der Waals surface area contributed by atoms with Gasteiger partial charge in [-0.3, -0.25) is 9.69 Å². The van der Waals surface area contributed by atoms with E-state index in [1.807, 2.05) is 6.92 Å². The van der Waals surface area contributed by atoms with Crippen molar-refractivity contribution in [2.45, 2.75) is 44.7 Å². The molecule has 4 nitrogen and oxygen atoms in total. The van der Waals surface area contributed by atoms with Crippen molar-refractivity contribution in [3.8, 4) is 0 Å². The van der Waals surface area contributed by atoms with Gasteiger partial charge in [-0.05, 0) is 19.8 Å². The van der Waals surface area contributed by atoms with Gasteiger partial charge < -0.3 is 10.6 Å². The number of amides is 1. The molecule has 0 aromatic carbocycles. The van der Waals surface area contributed by atoms with E-state index in [1.54, 1.807) is 0 Å². The first-order chi connectivity index (χ1) is 7.74. The van der Waals surface area contributed by atoms with Crippen molar-refractivity contribution in [1.82, 2.24) is 9.80 Å². The van der Waals surface area contributed by atoms with Crippen molar-refractivity contribution in [1.29, 1.82) is 0 Å². The summed E-state index contributed by atoms with van der Waals surface area (Å²) in [6, 6.07) is 0.549.